The molecule has 0 spiro atoms. The number of hydrazone groups is 1. The number of benzene rings is 2. The molecule has 0 amide bonds. The van der Waals surface area contributed by atoms with Crippen LogP contribution in [-0.4, -0.2) is 16.3 Å². The predicted molar refractivity (Wildman–Crippen MR) is 100 cm³/mol. The summed E-state index contributed by atoms with van der Waals surface area (Å²) in [6.07, 6.45) is 1.56. The third-order valence-electron chi connectivity index (χ3n) is 3.31. The molecule has 120 valence electrons. The fourth-order valence-electron chi connectivity index (χ4n) is 2.25. The second kappa shape index (κ2) is 7.52. The molecule has 0 aliphatic carbocycles. The van der Waals surface area contributed by atoms with E-state index in [0.29, 0.717) is 12.3 Å². The van der Waals surface area contributed by atoms with Crippen LogP contribution in [0.2, 0.25) is 0 Å². The molecule has 6 heteroatoms. The van der Waals surface area contributed by atoms with Crippen LogP contribution in [0.1, 0.15) is 11.3 Å². The number of aromatic nitrogens is 1. The van der Waals surface area contributed by atoms with Gasteiger partial charge in [0.05, 0.1) is 17.4 Å². The highest BCUT2D eigenvalue weighted by atomic mass is 32.1. The Labute approximate surface area is 145 Å². The van der Waals surface area contributed by atoms with E-state index in [1.807, 2.05) is 60.7 Å². The zero-order valence-corrected chi connectivity index (χ0v) is 13.7. The fourth-order valence-corrected chi connectivity index (χ4v) is 2.30. The van der Waals surface area contributed by atoms with Gasteiger partial charge in [0.1, 0.15) is 12.4 Å². The highest BCUT2D eigenvalue weighted by molar-refractivity contribution is 7.80. The van der Waals surface area contributed by atoms with Crippen molar-refractivity contribution in [3.63, 3.8) is 0 Å². The Balaban J connectivity index is 1.89. The number of thiocarbonyl (C=S) groups is 1. The molecule has 1 aromatic heterocycles. The molecular formula is C18H16N4OS. The van der Waals surface area contributed by atoms with E-state index in [4.69, 9.17) is 22.7 Å². The quantitative estimate of drug-likeness (QED) is 0.426. The summed E-state index contributed by atoms with van der Waals surface area (Å²) < 4.78 is 6.00. The molecule has 0 saturated carbocycles. The number of fused-ring (bicyclic) bond motifs is 1. The van der Waals surface area contributed by atoms with E-state index in [9.17, 15) is 0 Å². The van der Waals surface area contributed by atoms with Crippen LogP contribution in [0.25, 0.3) is 10.9 Å². The van der Waals surface area contributed by atoms with E-state index in [2.05, 4.69) is 15.5 Å². The Morgan fingerprint density at radius 3 is 2.71 bits per heavy atom. The third kappa shape index (κ3) is 4.05. The number of nitrogens with zero attached hydrogens (tertiary/aromatic N) is 2. The smallest absolute Gasteiger partial charge is 0.184 e. The van der Waals surface area contributed by atoms with Crippen LogP contribution in [0.5, 0.6) is 5.75 Å². The molecular weight excluding hydrogens is 320 g/mol. The number of nitrogens with one attached hydrogen (secondary N) is 1. The van der Waals surface area contributed by atoms with Crippen LogP contribution in [0.4, 0.5) is 0 Å². The Morgan fingerprint density at radius 2 is 1.92 bits per heavy atom. The minimum Gasteiger partial charge on any atom is -0.488 e. The molecule has 0 bridgehead atoms. The molecule has 0 saturated heterocycles. The van der Waals surface area contributed by atoms with E-state index in [1.165, 1.54) is 0 Å². The zero-order chi connectivity index (χ0) is 16.8. The molecule has 3 rings (SSSR count). The summed E-state index contributed by atoms with van der Waals surface area (Å²) in [5.41, 5.74) is 10.5. The van der Waals surface area contributed by atoms with Crippen molar-refractivity contribution >= 4 is 34.4 Å². The van der Waals surface area contributed by atoms with Gasteiger partial charge < -0.3 is 10.5 Å². The van der Waals surface area contributed by atoms with E-state index in [-0.39, 0.29) is 5.11 Å². The van der Waals surface area contributed by atoms with Gasteiger partial charge in [-0.2, -0.15) is 5.10 Å². The lowest BCUT2D eigenvalue weighted by Crippen LogP contribution is -2.24. The summed E-state index contributed by atoms with van der Waals surface area (Å²) in [4.78, 5) is 4.53. The summed E-state index contributed by atoms with van der Waals surface area (Å²) in [6.45, 7) is 0.483. The van der Waals surface area contributed by atoms with Crippen LogP contribution in [0.3, 0.4) is 0 Å². The fraction of sp³-hybridized carbons (Fsp3) is 0.0556. The van der Waals surface area contributed by atoms with Gasteiger partial charge in [-0.25, -0.2) is 4.98 Å². The van der Waals surface area contributed by atoms with Crippen molar-refractivity contribution in [1.29, 1.82) is 0 Å². The third-order valence-corrected chi connectivity index (χ3v) is 3.40. The number of nitrogens with two attached hydrogens (primary N) is 1. The molecule has 0 fully saturated rings. The lowest BCUT2D eigenvalue weighted by atomic mass is 10.2. The first-order valence-electron chi connectivity index (χ1n) is 7.37. The van der Waals surface area contributed by atoms with Gasteiger partial charge in [-0.05, 0) is 29.9 Å². The predicted octanol–water partition coefficient (Wildman–Crippen LogP) is 2.98. The van der Waals surface area contributed by atoms with Gasteiger partial charge in [0.15, 0.2) is 5.11 Å². The van der Waals surface area contributed by atoms with Crippen molar-refractivity contribution in [2.75, 3.05) is 0 Å². The summed E-state index contributed by atoms with van der Waals surface area (Å²) in [5, 5.41) is 5.00. The van der Waals surface area contributed by atoms with Crippen molar-refractivity contribution < 1.29 is 4.74 Å². The van der Waals surface area contributed by atoms with Crippen molar-refractivity contribution in [3.8, 4) is 5.75 Å². The molecule has 24 heavy (non-hydrogen) atoms. The topological polar surface area (TPSA) is 72.5 Å². The second-order valence-corrected chi connectivity index (χ2v) is 5.51. The molecule has 0 unspecified atom stereocenters. The van der Waals surface area contributed by atoms with E-state index in [1.54, 1.807) is 6.21 Å². The average Bonchev–Trinajstić information content (AvgIpc) is 2.60. The van der Waals surface area contributed by atoms with Crippen molar-refractivity contribution in [3.05, 3.63) is 71.9 Å². The van der Waals surface area contributed by atoms with Crippen molar-refractivity contribution in [2.45, 2.75) is 6.61 Å². The standard InChI is InChI=1S/C18H16N4OS/c19-18(24)22-20-11-14-10-17(15-8-4-5-9-16(15)21-14)23-12-13-6-2-1-3-7-13/h1-11H,12H2,(H3,19,22,24)/b20-11+. The Bertz CT molecular complexity index is 881. The van der Waals surface area contributed by atoms with E-state index >= 15 is 0 Å². The Hall–Kier alpha value is -2.99. The minimum atomic E-state index is 0.104. The summed E-state index contributed by atoms with van der Waals surface area (Å²) >= 11 is 4.72. The molecule has 3 aromatic rings. The summed E-state index contributed by atoms with van der Waals surface area (Å²) in [6, 6.07) is 19.7. The zero-order valence-electron chi connectivity index (χ0n) is 12.8. The van der Waals surface area contributed by atoms with Crippen LogP contribution >= 0.6 is 12.2 Å². The molecule has 0 aliphatic rings. The number of pyridine rings is 1. The average molecular weight is 336 g/mol. The summed E-state index contributed by atoms with van der Waals surface area (Å²) in [5.74, 6) is 0.751. The van der Waals surface area contributed by atoms with E-state index in [0.717, 1.165) is 22.2 Å². The molecule has 1 heterocycles. The van der Waals surface area contributed by atoms with Crippen molar-refractivity contribution in [1.82, 2.24) is 10.4 Å². The number of para-hydroxylation sites is 1. The van der Waals surface area contributed by atoms with Crippen LogP contribution < -0.4 is 15.9 Å². The second-order valence-electron chi connectivity index (χ2n) is 5.07. The van der Waals surface area contributed by atoms with Crippen molar-refractivity contribution in [2.24, 2.45) is 10.8 Å². The number of rotatable bonds is 5. The van der Waals surface area contributed by atoms with Crippen LogP contribution in [0, 0.1) is 0 Å². The van der Waals surface area contributed by atoms with Crippen LogP contribution in [-0.2, 0) is 6.61 Å². The van der Waals surface area contributed by atoms with Gasteiger partial charge in [-0.1, -0.05) is 42.5 Å². The first-order chi connectivity index (χ1) is 11.7. The van der Waals surface area contributed by atoms with Crippen LogP contribution in [0.15, 0.2) is 65.8 Å². The normalized spacial score (nSPS) is 10.8. The molecule has 0 atom stereocenters. The van der Waals surface area contributed by atoms with Gasteiger partial charge in [0.25, 0.3) is 0 Å². The SMILES string of the molecule is NC(=S)N/N=C/c1cc(OCc2ccccc2)c2ccccc2n1. The van der Waals surface area contributed by atoms with Gasteiger partial charge >= 0.3 is 0 Å². The Kier molecular flexibility index (Phi) is 4.98. The lowest BCUT2D eigenvalue weighted by Gasteiger charge is -2.10. The highest BCUT2D eigenvalue weighted by Crippen LogP contribution is 2.25. The molecule has 0 aliphatic heterocycles. The highest BCUT2D eigenvalue weighted by Gasteiger charge is 2.06. The first kappa shape index (κ1) is 15.9. The lowest BCUT2D eigenvalue weighted by molar-refractivity contribution is 0.310. The molecule has 3 N–H and O–H groups in total. The largest absolute Gasteiger partial charge is 0.488 e. The molecule has 5 nitrogen and oxygen atoms in total. The van der Waals surface area contributed by atoms with Gasteiger partial charge in [0, 0.05) is 11.5 Å². The Morgan fingerprint density at radius 1 is 1.17 bits per heavy atom. The van der Waals surface area contributed by atoms with Gasteiger partial charge in [-0.15, -0.1) is 0 Å². The van der Waals surface area contributed by atoms with Gasteiger partial charge in [0.2, 0.25) is 0 Å². The summed E-state index contributed by atoms with van der Waals surface area (Å²) in [7, 11) is 0. The first-order valence-corrected chi connectivity index (χ1v) is 7.78. The number of hydrogen-bond acceptors (Lipinski definition) is 4. The van der Waals surface area contributed by atoms with E-state index < -0.39 is 0 Å². The monoisotopic (exact) mass is 336 g/mol. The molecule has 0 radical (unpaired) electrons. The minimum absolute atomic E-state index is 0.104. The molecule has 2 aromatic carbocycles. The number of ether oxygens (including phenoxy) is 1. The maximum atomic E-state index is 6.00. The maximum absolute atomic E-state index is 6.00. The van der Waals surface area contributed by atoms with Gasteiger partial charge in [-0.3, -0.25) is 5.43 Å². The maximum Gasteiger partial charge on any atom is 0.184 e. The number of hydrogen-bond donors (Lipinski definition) is 2.